The lowest BCUT2D eigenvalue weighted by Crippen LogP contribution is -2.53. The third-order valence-electron chi connectivity index (χ3n) is 3.88. The molecule has 1 aromatic rings. The van der Waals surface area contributed by atoms with Crippen molar-refractivity contribution in [2.45, 2.75) is 19.4 Å². The van der Waals surface area contributed by atoms with Crippen molar-refractivity contribution in [2.75, 3.05) is 26.2 Å². The number of carbonyl (C=O) groups is 2. The van der Waals surface area contributed by atoms with Crippen molar-refractivity contribution in [1.82, 2.24) is 9.80 Å². The summed E-state index contributed by atoms with van der Waals surface area (Å²) in [4.78, 5) is 26.6. The van der Waals surface area contributed by atoms with Gasteiger partial charge in [-0.2, -0.15) is 0 Å². The molecule has 1 amide bonds. The maximum absolute atomic E-state index is 13.6. The molecule has 1 N–H and O–H groups in total. The van der Waals surface area contributed by atoms with Gasteiger partial charge in [0.2, 0.25) is 0 Å². The second kappa shape index (κ2) is 6.83. The molecule has 5 nitrogen and oxygen atoms in total. The Morgan fingerprint density at radius 2 is 1.86 bits per heavy atom. The van der Waals surface area contributed by atoms with Gasteiger partial charge in [0.25, 0.3) is 5.91 Å². The van der Waals surface area contributed by atoms with Gasteiger partial charge in [-0.15, -0.1) is 0 Å². The van der Waals surface area contributed by atoms with Crippen LogP contribution < -0.4 is 0 Å². The summed E-state index contributed by atoms with van der Waals surface area (Å²) in [6, 6.07) is 2.29. The van der Waals surface area contributed by atoms with Crippen molar-refractivity contribution in [3.8, 4) is 0 Å². The van der Waals surface area contributed by atoms with Crippen LogP contribution in [-0.4, -0.2) is 59.0 Å². The Morgan fingerprint density at radius 1 is 1.23 bits per heavy atom. The summed E-state index contributed by atoms with van der Waals surface area (Å²) in [5.74, 6) is -3.00. The Balaban J connectivity index is 2.02. The third kappa shape index (κ3) is 3.41. The van der Waals surface area contributed by atoms with Crippen LogP contribution in [0, 0.1) is 11.6 Å². The van der Waals surface area contributed by atoms with E-state index in [9.17, 15) is 18.4 Å². The predicted molar refractivity (Wildman–Crippen MR) is 75.5 cm³/mol. The number of carboxylic acid groups (broad SMARTS) is 1. The van der Waals surface area contributed by atoms with E-state index >= 15 is 0 Å². The molecule has 1 fully saturated rings. The minimum Gasteiger partial charge on any atom is -0.480 e. The standard InChI is InChI=1S/C15H18F2N2O3/c1-2-13(15(21)22)18-5-7-19(8-6-18)14(20)11-4-3-10(16)9-12(11)17/h3-4,9,13H,2,5-8H2,1H3,(H,21,22). The van der Waals surface area contributed by atoms with Crippen molar-refractivity contribution in [3.63, 3.8) is 0 Å². The third-order valence-corrected chi connectivity index (χ3v) is 3.88. The fraction of sp³-hybridized carbons (Fsp3) is 0.467. The number of amides is 1. The molecule has 0 aromatic heterocycles. The molecule has 1 aromatic carbocycles. The van der Waals surface area contributed by atoms with Gasteiger partial charge in [-0.1, -0.05) is 6.92 Å². The second-order valence-corrected chi connectivity index (χ2v) is 5.21. The highest BCUT2D eigenvalue weighted by Gasteiger charge is 2.30. The van der Waals surface area contributed by atoms with Gasteiger partial charge in [-0.3, -0.25) is 14.5 Å². The van der Waals surface area contributed by atoms with E-state index in [1.54, 1.807) is 11.8 Å². The number of nitrogens with zero attached hydrogens (tertiary/aromatic N) is 2. The quantitative estimate of drug-likeness (QED) is 0.917. The number of aliphatic carboxylic acids is 1. The topological polar surface area (TPSA) is 60.9 Å². The molecule has 1 aliphatic rings. The molecule has 1 unspecified atom stereocenters. The molecule has 0 aliphatic carbocycles. The molecule has 1 heterocycles. The highest BCUT2D eigenvalue weighted by molar-refractivity contribution is 5.94. The lowest BCUT2D eigenvalue weighted by Gasteiger charge is -2.37. The van der Waals surface area contributed by atoms with Crippen LogP contribution in [0.5, 0.6) is 0 Å². The van der Waals surface area contributed by atoms with E-state index in [2.05, 4.69) is 0 Å². The Hall–Kier alpha value is -2.02. The first-order chi connectivity index (χ1) is 10.4. The summed E-state index contributed by atoms with van der Waals surface area (Å²) in [6.07, 6.45) is 0.482. The molecule has 7 heteroatoms. The average Bonchev–Trinajstić information content (AvgIpc) is 2.47. The zero-order chi connectivity index (χ0) is 16.3. The average molecular weight is 312 g/mol. The Kier molecular flexibility index (Phi) is 5.07. The molecule has 1 atom stereocenters. The van der Waals surface area contributed by atoms with Crippen molar-refractivity contribution in [3.05, 3.63) is 35.4 Å². The molecule has 22 heavy (non-hydrogen) atoms. The van der Waals surface area contributed by atoms with Gasteiger partial charge in [0, 0.05) is 32.2 Å². The van der Waals surface area contributed by atoms with Gasteiger partial charge in [-0.25, -0.2) is 8.78 Å². The van der Waals surface area contributed by atoms with Crippen molar-refractivity contribution in [1.29, 1.82) is 0 Å². The van der Waals surface area contributed by atoms with Gasteiger partial charge in [0.1, 0.15) is 17.7 Å². The summed E-state index contributed by atoms with van der Waals surface area (Å²) in [5.41, 5.74) is -0.167. The number of rotatable bonds is 4. The first-order valence-electron chi connectivity index (χ1n) is 7.15. The predicted octanol–water partition coefficient (Wildman–Crippen LogP) is 1.59. The molecule has 1 saturated heterocycles. The number of piperazine rings is 1. The van der Waals surface area contributed by atoms with Crippen LogP contribution in [-0.2, 0) is 4.79 Å². The van der Waals surface area contributed by atoms with Crippen LogP contribution in [0.3, 0.4) is 0 Å². The molecule has 2 rings (SSSR count). The van der Waals surface area contributed by atoms with Gasteiger partial charge in [0.05, 0.1) is 5.56 Å². The maximum atomic E-state index is 13.6. The van der Waals surface area contributed by atoms with Gasteiger partial charge < -0.3 is 10.0 Å². The summed E-state index contributed by atoms with van der Waals surface area (Å²) in [6.45, 7) is 3.27. The fourth-order valence-corrected chi connectivity index (χ4v) is 2.66. The largest absolute Gasteiger partial charge is 0.480 e. The smallest absolute Gasteiger partial charge is 0.320 e. The fourth-order valence-electron chi connectivity index (χ4n) is 2.66. The van der Waals surface area contributed by atoms with Crippen LogP contribution >= 0.6 is 0 Å². The number of hydrogen-bond acceptors (Lipinski definition) is 3. The van der Waals surface area contributed by atoms with Crippen molar-refractivity contribution >= 4 is 11.9 Å². The van der Waals surface area contributed by atoms with Crippen molar-refractivity contribution < 1.29 is 23.5 Å². The van der Waals surface area contributed by atoms with Gasteiger partial charge >= 0.3 is 5.97 Å². The lowest BCUT2D eigenvalue weighted by atomic mass is 10.1. The summed E-state index contributed by atoms with van der Waals surface area (Å²) >= 11 is 0. The van der Waals surface area contributed by atoms with E-state index in [4.69, 9.17) is 5.11 Å². The molecule has 0 spiro atoms. The Labute approximate surface area is 127 Å². The molecule has 120 valence electrons. The van der Waals surface area contributed by atoms with Crippen molar-refractivity contribution in [2.24, 2.45) is 0 Å². The van der Waals surface area contributed by atoms with Crippen LogP contribution in [0.25, 0.3) is 0 Å². The molecule has 1 aliphatic heterocycles. The first-order valence-corrected chi connectivity index (χ1v) is 7.15. The van der Waals surface area contributed by atoms with Crippen LogP contribution in [0.15, 0.2) is 18.2 Å². The van der Waals surface area contributed by atoms with E-state index < -0.39 is 29.6 Å². The minimum absolute atomic E-state index is 0.167. The van der Waals surface area contributed by atoms with Gasteiger partial charge in [0.15, 0.2) is 0 Å². The molecular formula is C15H18F2N2O3. The monoisotopic (exact) mass is 312 g/mol. The Morgan fingerprint density at radius 3 is 2.36 bits per heavy atom. The zero-order valence-corrected chi connectivity index (χ0v) is 12.3. The molecule has 0 radical (unpaired) electrons. The number of carbonyl (C=O) groups excluding carboxylic acids is 1. The molecule has 0 bridgehead atoms. The second-order valence-electron chi connectivity index (χ2n) is 5.21. The highest BCUT2D eigenvalue weighted by atomic mass is 19.1. The van der Waals surface area contributed by atoms with E-state index in [0.29, 0.717) is 38.7 Å². The van der Waals surface area contributed by atoms with E-state index in [0.717, 1.165) is 12.1 Å². The van der Waals surface area contributed by atoms with Crippen LogP contribution in [0.2, 0.25) is 0 Å². The highest BCUT2D eigenvalue weighted by Crippen LogP contribution is 2.15. The SMILES string of the molecule is CCC(C(=O)O)N1CCN(C(=O)c2ccc(F)cc2F)CC1. The summed E-state index contributed by atoms with van der Waals surface area (Å²) in [5, 5.41) is 9.13. The van der Waals surface area contributed by atoms with E-state index in [1.807, 2.05) is 0 Å². The number of hydrogen-bond donors (Lipinski definition) is 1. The Bertz CT molecular complexity index is 572. The van der Waals surface area contributed by atoms with Crippen LogP contribution in [0.1, 0.15) is 23.7 Å². The summed E-state index contributed by atoms with van der Waals surface area (Å²) in [7, 11) is 0. The molecule has 0 saturated carbocycles. The zero-order valence-electron chi connectivity index (χ0n) is 12.3. The number of carboxylic acids is 1. The van der Waals surface area contributed by atoms with E-state index in [1.165, 1.54) is 4.90 Å². The summed E-state index contributed by atoms with van der Waals surface area (Å²) < 4.78 is 26.5. The van der Waals surface area contributed by atoms with E-state index in [-0.39, 0.29) is 5.56 Å². The molecular weight excluding hydrogens is 294 g/mol. The first kappa shape index (κ1) is 16.4. The minimum atomic E-state index is -0.885. The number of benzene rings is 1. The van der Waals surface area contributed by atoms with Crippen LogP contribution in [0.4, 0.5) is 8.78 Å². The maximum Gasteiger partial charge on any atom is 0.320 e. The van der Waals surface area contributed by atoms with Gasteiger partial charge in [-0.05, 0) is 18.6 Å². The number of halogens is 2. The normalized spacial score (nSPS) is 17.3. The lowest BCUT2D eigenvalue weighted by molar-refractivity contribution is -0.144.